The smallest absolute Gasteiger partial charge is 0.225 e. The first kappa shape index (κ1) is 13.5. The second-order valence-corrected chi connectivity index (χ2v) is 5.91. The Morgan fingerprint density at radius 1 is 1.41 bits per heavy atom. The fourth-order valence-corrected chi connectivity index (χ4v) is 3.20. The van der Waals surface area contributed by atoms with Gasteiger partial charge in [-0.2, -0.15) is 10.4 Å². The zero-order valence-electron chi connectivity index (χ0n) is 12.2. The van der Waals surface area contributed by atoms with E-state index in [1.165, 1.54) is 6.33 Å². The summed E-state index contributed by atoms with van der Waals surface area (Å²) in [4.78, 5) is 3.95. The number of rotatable bonds is 1. The second-order valence-electron chi connectivity index (χ2n) is 5.91. The Labute approximate surface area is 126 Å². The first-order chi connectivity index (χ1) is 10.5. The van der Waals surface area contributed by atoms with Crippen LogP contribution in [0.1, 0.15) is 19.5 Å². The highest BCUT2D eigenvalue weighted by atomic mass is 16.8. The Balaban J connectivity index is 1.88. The Bertz CT molecular complexity index is 795. The quantitative estimate of drug-likeness (QED) is 0.820. The van der Waals surface area contributed by atoms with Crippen molar-refractivity contribution in [2.75, 3.05) is 12.3 Å². The van der Waals surface area contributed by atoms with Gasteiger partial charge >= 0.3 is 0 Å². The highest BCUT2D eigenvalue weighted by Crippen LogP contribution is 2.46. The topological polar surface area (TPSA) is 108 Å². The predicted molar refractivity (Wildman–Crippen MR) is 74.5 cm³/mol. The van der Waals surface area contributed by atoms with Gasteiger partial charge in [-0.25, -0.2) is 9.50 Å². The molecule has 2 aliphatic rings. The average Bonchev–Trinajstić information content (AvgIpc) is 3.11. The van der Waals surface area contributed by atoms with Gasteiger partial charge in [-0.15, -0.1) is 0 Å². The van der Waals surface area contributed by atoms with Gasteiger partial charge in [0, 0.05) is 0 Å². The number of hydrogen-bond acceptors (Lipinski definition) is 7. The molecule has 0 aliphatic carbocycles. The first-order valence-corrected chi connectivity index (χ1v) is 6.96. The van der Waals surface area contributed by atoms with Crippen LogP contribution in [-0.4, -0.2) is 39.2 Å². The number of hydrogen-bond donors (Lipinski definition) is 1. The summed E-state index contributed by atoms with van der Waals surface area (Å²) in [7, 11) is 0. The summed E-state index contributed by atoms with van der Waals surface area (Å²) in [5.41, 5.74) is 5.75. The minimum Gasteiger partial charge on any atom is -0.382 e. The lowest BCUT2D eigenvalue weighted by molar-refractivity contribution is -0.187. The van der Waals surface area contributed by atoms with Crippen molar-refractivity contribution in [3.63, 3.8) is 0 Å². The molecule has 0 amide bonds. The van der Waals surface area contributed by atoms with Crippen molar-refractivity contribution in [1.82, 2.24) is 14.6 Å². The van der Waals surface area contributed by atoms with Crippen LogP contribution in [-0.2, 0) is 19.8 Å². The van der Waals surface area contributed by atoms with Crippen LogP contribution in [0.15, 0.2) is 18.5 Å². The standard InChI is InChI=1S/C14H15N5O3/c1-13(2)21-9-5-20-14(6-15,11(9)22-13)10-4-3-8-12(16)17-7-18-19(8)10/h3-4,7,9,11H,5H2,1-2H3,(H2,16,17,18)/t9-,11-,14+/m1/s1. The van der Waals surface area contributed by atoms with Crippen LogP contribution in [0.2, 0.25) is 0 Å². The minimum absolute atomic E-state index is 0.287. The largest absolute Gasteiger partial charge is 0.382 e. The first-order valence-electron chi connectivity index (χ1n) is 6.96. The van der Waals surface area contributed by atoms with Crippen LogP contribution >= 0.6 is 0 Å². The van der Waals surface area contributed by atoms with E-state index in [0.717, 1.165) is 0 Å². The molecule has 0 bridgehead atoms. The van der Waals surface area contributed by atoms with Gasteiger partial charge in [-0.1, -0.05) is 0 Å². The van der Waals surface area contributed by atoms with Crippen LogP contribution in [0.25, 0.3) is 5.52 Å². The number of fused-ring (bicyclic) bond motifs is 2. The van der Waals surface area contributed by atoms with Gasteiger partial charge in [0.25, 0.3) is 0 Å². The fraction of sp³-hybridized carbons (Fsp3) is 0.500. The SMILES string of the molecule is CC1(C)O[C@@H]2[C@@H](CO[C@@]2(C#N)c2ccc3c(N)ncnn23)O1. The molecule has 0 radical (unpaired) electrons. The Hall–Kier alpha value is -2.21. The number of ether oxygens (including phenoxy) is 3. The zero-order valence-corrected chi connectivity index (χ0v) is 12.2. The average molecular weight is 301 g/mol. The lowest BCUT2D eigenvalue weighted by atomic mass is 9.93. The minimum atomic E-state index is -1.29. The van der Waals surface area contributed by atoms with Crippen molar-refractivity contribution in [1.29, 1.82) is 5.26 Å². The van der Waals surface area contributed by atoms with Crippen LogP contribution in [0.4, 0.5) is 5.82 Å². The van der Waals surface area contributed by atoms with Gasteiger partial charge in [0.1, 0.15) is 30.1 Å². The number of anilines is 1. The van der Waals surface area contributed by atoms with Crippen molar-refractivity contribution in [3.8, 4) is 6.07 Å². The third-order valence-corrected chi connectivity index (χ3v) is 4.09. The molecule has 2 fully saturated rings. The Morgan fingerprint density at radius 3 is 3.00 bits per heavy atom. The normalized spacial score (nSPS) is 33.0. The number of aromatic nitrogens is 3. The van der Waals surface area contributed by atoms with E-state index in [9.17, 15) is 5.26 Å². The van der Waals surface area contributed by atoms with Crippen molar-refractivity contribution < 1.29 is 14.2 Å². The number of nitriles is 1. The zero-order chi connectivity index (χ0) is 15.5. The maximum atomic E-state index is 9.84. The molecule has 3 atom stereocenters. The summed E-state index contributed by atoms with van der Waals surface area (Å²) in [5, 5.41) is 14.0. The molecule has 22 heavy (non-hydrogen) atoms. The number of nitrogen functional groups attached to an aromatic ring is 1. The molecule has 8 nitrogen and oxygen atoms in total. The van der Waals surface area contributed by atoms with Crippen LogP contribution in [0, 0.1) is 11.3 Å². The van der Waals surface area contributed by atoms with Gasteiger partial charge < -0.3 is 19.9 Å². The molecule has 4 heterocycles. The van der Waals surface area contributed by atoms with Crippen molar-refractivity contribution in [3.05, 3.63) is 24.2 Å². The van der Waals surface area contributed by atoms with E-state index >= 15 is 0 Å². The van der Waals surface area contributed by atoms with Gasteiger partial charge in [0.2, 0.25) is 5.60 Å². The molecule has 8 heteroatoms. The van der Waals surface area contributed by atoms with Crippen molar-refractivity contribution in [2.45, 2.75) is 37.4 Å². The van der Waals surface area contributed by atoms with Crippen LogP contribution in [0.5, 0.6) is 0 Å². The van der Waals surface area contributed by atoms with E-state index in [2.05, 4.69) is 16.2 Å². The van der Waals surface area contributed by atoms with Gasteiger partial charge in [-0.05, 0) is 26.0 Å². The number of nitrogens with two attached hydrogens (primary N) is 1. The van der Waals surface area contributed by atoms with E-state index in [1.807, 2.05) is 13.8 Å². The summed E-state index contributed by atoms with van der Waals surface area (Å²) < 4.78 is 19.1. The van der Waals surface area contributed by atoms with Gasteiger partial charge in [0.15, 0.2) is 11.6 Å². The molecule has 2 aliphatic heterocycles. The summed E-state index contributed by atoms with van der Waals surface area (Å²) >= 11 is 0. The highest BCUT2D eigenvalue weighted by Gasteiger charge is 2.61. The third kappa shape index (κ3) is 1.61. The summed E-state index contributed by atoms with van der Waals surface area (Å²) in [6.45, 7) is 3.93. The Kier molecular flexibility index (Phi) is 2.55. The van der Waals surface area contributed by atoms with Crippen molar-refractivity contribution >= 4 is 11.3 Å². The summed E-state index contributed by atoms with van der Waals surface area (Å²) in [6.07, 6.45) is 0.528. The molecule has 0 unspecified atom stereocenters. The summed E-state index contributed by atoms with van der Waals surface area (Å²) in [6, 6.07) is 5.78. The molecule has 4 rings (SSSR count). The monoisotopic (exact) mass is 301 g/mol. The van der Waals surface area contributed by atoms with E-state index in [1.54, 1.807) is 16.6 Å². The Morgan fingerprint density at radius 2 is 2.23 bits per heavy atom. The molecular formula is C14H15N5O3. The third-order valence-electron chi connectivity index (χ3n) is 4.09. The van der Waals surface area contributed by atoms with Gasteiger partial charge in [0.05, 0.1) is 12.3 Å². The molecule has 0 aromatic carbocycles. The molecule has 0 saturated carbocycles. The van der Waals surface area contributed by atoms with E-state index in [-0.39, 0.29) is 12.7 Å². The van der Waals surface area contributed by atoms with Crippen LogP contribution < -0.4 is 5.73 Å². The van der Waals surface area contributed by atoms with Gasteiger partial charge in [-0.3, -0.25) is 0 Å². The predicted octanol–water partition coefficient (Wildman–Crippen LogP) is 0.581. The molecule has 114 valence electrons. The molecule has 2 N–H and O–H groups in total. The molecule has 0 spiro atoms. The highest BCUT2D eigenvalue weighted by molar-refractivity contribution is 5.66. The van der Waals surface area contributed by atoms with E-state index in [0.29, 0.717) is 17.0 Å². The maximum Gasteiger partial charge on any atom is 0.225 e. The van der Waals surface area contributed by atoms with E-state index in [4.69, 9.17) is 19.9 Å². The second kappa shape index (κ2) is 4.16. The maximum absolute atomic E-state index is 9.84. The molecule has 2 aromatic rings. The van der Waals surface area contributed by atoms with Crippen molar-refractivity contribution in [2.24, 2.45) is 0 Å². The lowest BCUT2D eigenvalue weighted by Gasteiger charge is -2.27. The summed E-state index contributed by atoms with van der Waals surface area (Å²) in [5.74, 6) is -0.407. The molecular weight excluding hydrogens is 286 g/mol. The fourth-order valence-electron chi connectivity index (χ4n) is 3.20. The molecule has 2 aromatic heterocycles. The van der Waals surface area contributed by atoms with E-state index < -0.39 is 17.5 Å². The van der Waals surface area contributed by atoms with Crippen LogP contribution in [0.3, 0.4) is 0 Å². The number of nitrogens with zero attached hydrogens (tertiary/aromatic N) is 4. The lowest BCUT2D eigenvalue weighted by Crippen LogP contribution is -2.40. The molecule has 2 saturated heterocycles.